The molecule has 5 heteroatoms. The van der Waals surface area contributed by atoms with Crippen molar-refractivity contribution in [2.75, 3.05) is 26.2 Å². The molecule has 0 bridgehead atoms. The van der Waals surface area contributed by atoms with Gasteiger partial charge in [0.1, 0.15) is 0 Å². The number of amides is 1. The van der Waals surface area contributed by atoms with Gasteiger partial charge in [0.25, 0.3) is 0 Å². The Hall–Kier alpha value is -0.650. The first kappa shape index (κ1) is 14.3. The van der Waals surface area contributed by atoms with Gasteiger partial charge in [0.2, 0.25) is 5.91 Å². The van der Waals surface area contributed by atoms with Crippen molar-refractivity contribution in [1.82, 2.24) is 15.1 Å². The molecule has 2 heterocycles. The molecule has 0 aromatic rings. The van der Waals surface area contributed by atoms with Crippen molar-refractivity contribution in [2.24, 2.45) is 5.73 Å². The van der Waals surface area contributed by atoms with Crippen LogP contribution in [0, 0.1) is 0 Å². The Morgan fingerprint density at radius 2 is 1.90 bits per heavy atom. The summed E-state index contributed by atoms with van der Waals surface area (Å²) in [6.07, 6.45) is 6.38. The summed E-state index contributed by atoms with van der Waals surface area (Å²) in [5.74, 6) is -0.207. The molecule has 1 saturated carbocycles. The van der Waals surface area contributed by atoms with Gasteiger partial charge in [0, 0.05) is 43.8 Å². The Bertz CT molecular complexity index is 350. The lowest BCUT2D eigenvalue weighted by atomic mass is 10.0. The van der Waals surface area contributed by atoms with Gasteiger partial charge in [-0.2, -0.15) is 0 Å². The van der Waals surface area contributed by atoms with Crippen LogP contribution in [0.4, 0.5) is 0 Å². The fraction of sp³-hybridized carbons (Fsp3) is 0.933. The molecule has 20 heavy (non-hydrogen) atoms. The highest BCUT2D eigenvalue weighted by Crippen LogP contribution is 2.33. The Kier molecular flexibility index (Phi) is 4.29. The second-order valence-electron chi connectivity index (χ2n) is 6.89. The summed E-state index contributed by atoms with van der Waals surface area (Å²) in [7, 11) is 0. The minimum Gasteiger partial charge on any atom is -0.369 e. The largest absolute Gasteiger partial charge is 0.369 e. The van der Waals surface area contributed by atoms with Crippen LogP contribution in [0.3, 0.4) is 0 Å². The van der Waals surface area contributed by atoms with E-state index in [9.17, 15) is 4.79 Å². The number of hydrogen-bond acceptors (Lipinski definition) is 4. The van der Waals surface area contributed by atoms with Crippen LogP contribution in [0.15, 0.2) is 0 Å². The molecular weight excluding hydrogens is 252 g/mol. The molecule has 1 aliphatic carbocycles. The van der Waals surface area contributed by atoms with Crippen molar-refractivity contribution >= 4 is 5.91 Å². The number of hydrogen-bond donors (Lipinski definition) is 2. The van der Waals surface area contributed by atoms with Crippen molar-refractivity contribution in [1.29, 1.82) is 0 Å². The molecule has 114 valence electrons. The maximum Gasteiger partial charge on any atom is 0.231 e. The second-order valence-corrected chi connectivity index (χ2v) is 6.89. The third kappa shape index (κ3) is 3.51. The molecular formula is C15H28N4O. The first-order chi connectivity index (χ1) is 9.61. The number of primary amides is 1. The molecule has 2 atom stereocenters. The Labute approximate surface area is 121 Å². The summed E-state index contributed by atoms with van der Waals surface area (Å²) in [5, 5.41) is 3.85. The van der Waals surface area contributed by atoms with Gasteiger partial charge in [-0.25, -0.2) is 0 Å². The Balaban J connectivity index is 1.40. The van der Waals surface area contributed by atoms with E-state index in [1.54, 1.807) is 0 Å². The molecule has 0 unspecified atom stereocenters. The van der Waals surface area contributed by atoms with Gasteiger partial charge in [0.15, 0.2) is 0 Å². The van der Waals surface area contributed by atoms with Gasteiger partial charge >= 0.3 is 0 Å². The molecule has 1 amide bonds. The zero-order valence-corrected chi connectivity index (χ0v) is 12.6. The highest BCUT2D eigenvalue weighted by molar-refractivity contribution is 5.75. The van der Waals surface area contributed by atoms with E-state index < -0.39 is 0 Å². The number of rotatable bonds is 5. The predicted octanol–water partition coefficient (Wildman–Crippen LogP) is 0.151. The standard InChI is InChI=1S/C15H28N4O/c1-11-8-13(9-19(11)14-2-3-14)17-12-4-6-18(7-5-12)10-15(16)20/h11-14,17H,2-10H2,1H3,(H2,16,20)/t11-,13+/m0/s1. The van der Waals surface area contributed by atoms with Gasteiger partial charge in [-0.3, -0.25) is 14.6 Å². The number of piperidine rings is 1. The van der Waals surface area contributed by atoms with Gasteiger partial charge in [0.05, 0.1) is 6.54 Å². The molecule has 0 spiro atoms. The zero-order valence-electron chi connectivity index (χ0n) is 12.6. The lowest BCUT2D eigenvalue weighted by molar-refractivity contribution is -0.119. The highest BCUT2D eigenvalue weighted by atomic mass is 16.1. The van der Waals surface area contributed by atoms with Crippen LogP contribution in [-0.4, -0.2) is 66.1 Å². The van der Waals surface area contributed by atoms with E-state index in [4.69, 9.17) is 5.73 Å². The van der Waals surface area contributed by atoms with E-state index >= 15 is 0 Å². The van der Waals surface area contributed by atoms with Crippen molar-refractivity contribution in [3.8, 4) is 0 Å². The van der Waals surface area contributed by atoms with Gasteiger partial charge in [-0.1, -0.05) is 0 Å². The third-order valence-corrected chi connectivity index (χ3v) is 5.08. The molecule has 5 nitrogen and oxygen atoms in total. The highest BCUT2D eigenvalue weighted by Gasteiger charge is 2.39. The van der Waals surface area contributed by atoms with E-state index in [2.05, 4.69) is 22.0 Å². The summed E-state index contributed by atoms with van der Waals surface area (Å²) in [5.41, 5.74) is 5.25. The molecule has 3 rings (SSSR count). The fourth-order valence-electron chi connectivity index (χ4n) is 3.90. The van der Waals surface area contributed by atoms with E-state index in [-0.39, 0.29) is 5.91 Å². The van der Waals surface area contributed by atoms with Crippen molar-refractivity contribution in [2.45, 2.75) is 63.2 Å². The van der Waals surface area contributed by atoms with Crippen LogP contribution in [0.25, 0.3) is 0 Å². The maximum absolute atomic E-state index is 10.9. The monoisotopic (exact) mass is 280 g/mol. The smallest absolute Gasteiger partial charge is 0.231 e. The van der Waals surface area contributed by atoms with E-state index in [1.807, 2.05) is 0 Å². The first-order valence-electron chi connectivity index (χ1n) is 8.14. The van der Waals surface area contributed by atoms with Crippen LogP contribution in [0.5, 0.6) is 0 Å². The number of carbonyl (C=O) groups excluding carboxylic acids is 1. The van der Waals surface area contributed by atoms with Crippen LogP contribution >= 0.6 is 0 Å². The summed E-state index contributed by atoms with van der Waals surface area (Å²) < 4.78 is 0. The normalized spacial score (nSPS) is 33.6. The predicted molar refractivity (Wildman–Crippen MR) is 79.4 cm³/mol. The number of likely N-dealkylation sites (tertiary alicyclic amines) is 2. The van der Waals surface area contributed by atoms with Crippen molar-refractivity contribution in [3.05, 3.63) is 0 Å². The summed E-state index contributed by atoms with van der Waals surface area (Å²) in [4.78, 5) is 15.8. The number of nitrogens with zero attached hydrogens (tertiary/aromatic N) is 2. The van der Waals surface area contributed by atoms with Crippen LogP contribution in [0.2, 0.25) is 0 Å². The van der Waals surface area contributed by atoms with Gasteiger partial charge in [-0.15, -0.1) is 0 Å². The van der Waals surface area contributed by atoms with Crippen LogP contribution in [0.1, 0.15) is 39.0 Å². The minimum absolute atomic E-state index is 0.207. The summed E-state index contributed by atoms with van der Waals surface area (Å²) in [6.45, 7) is 6.01. The topological polar surface area (TPSA) is 61.6 Å². The van der Waals surface area contributed by atoms with Crippen molar-refractivity contribution in [3.63, 3.8) is 0 Å². The molecule has 3 fully saturated rings. The third-order valence-electron chi connectivity index (χ3n) is 5.08. The molecule has 3 aliphatic rings. The van der Waals surface area contributed by atoms with E-state index in [1.165, 1.54) is 25.8 Å². The average Bonchev–Trinajstić information content (AvgIpc) is 3.16. The second kappa shape index (κ2) is 6.00. The first-order valence-corrected chi connectivity index (χ1v) is 8.14. The molecule has 3 N–H and O–H groups in total. The Morgan fingerprint density at radius 1 is 1.20 bits per heavy atom. The van der Waals surface area contributed by atoms with Gasteiger partial charge < -0.3 is 11.1 Å². The number of nitrogens with two attached hydrogens (primary N) is 1. The average molecular weight is 280 g/mol. The molecule has 2 saturated heterocycles. The quantitative estimate of drug-likeness (QED) is 0.753. The summed E-state index contributed by atoms with van der Waals surface area (Å²) in [6, 6.07) is 2.91. The minimum atomic E-state index is -0.207. The lowest BCUT2D eigenvalue weighted by Gasteiger charge is -2.33. The number of nitrogens with one attached hydrogen (secondary N) is 1. The van der Waals surface area contributed by atoms with E-state index in [0.717, 1.165) is 38.0 Å². The molecule has 0 aromatic carbocycles. The van der Waals surface area contributed by atoms with Crippen LogP contribution < -0.4 is 11.1 Å². The molecule has 2 aliphatic heterocycles. The Morgan fingerprint density at radius 3 is 2.50 bits per heavy atom. The summed E-state index contributed by atoms with van der Waals surface area (Å²) >= 11 is 0. The lowest BCUT2D eigenvalue weighted by Crippen LogP contribution is -2.48. The SMILES string of the molecule is C[C@H]1C[C@@H](NC2CCN(CC(N)=O)CC2)CN1C1CC1. The van der Waals surface area contributed by atoms with Gasteiger partial charge in [-0.05, 0) is 39.0 Å². The number of carbonyl (C=O) groups is 1. The van der Waals surface area contributed by atoms with Crippen LogP contribution in [-0.2, 0) is 4.79 Å². The zero-order chi connectivity index (χ0) is 14.1. The fourth-order valence-corrected chi connectivity index (χ4v) is 3.90. The van der Waals surface area contributed by atoms with E-state index in [0.29, 0.717) is 18.6 Å². The molecule has 0 aromatic heterocycles. The maximum atomic E-state index is 10.9. The van der Waals surface area contributed by atoms with Crippen molar-refractivity contribution < 1.29 is 4.79 Å². The molecule has 0 radical (unpaired) electrons.